The lowest BCUT2D eigenvalue weighted by atomic mass is 9.77. The van der Waals surface area contributed by atoms with E-state index in [0.717, 1.165) is 64.6 Å². The van der Waals surface area contributed by atoms with Gasteiger partial charge in [-0.3, -0.25) is 0 Å². The van der Waals surface area contributed by atoms with Crippen molar-refractivity contribution in [2.45, 2.75) is 73.3 Å². The Morgan fingerprint density at radius 2 is 1.62 bits per heavy atom. The molecule has 1 spiro atoms. The summed E-state index contributed by atoms with van der Waals surface area (Å²) < 4.78 is 13.3. The third-order valence-corrected chi connectivity index (χ3v) is 8.83. The molecule has 2 aliphatic heterocycles. The summed E-state index contributed by atoms with van der Waals surface area (Å²) in [5.74, 6) is 1.82. The fourth-order valence-electron chi connectivity index (χ4n) is 6.75. The number of benzene rings is 4. The predicted octanol–water partition coefficient (Wildman–Crippen LogP) is 10.3. The van der Waals surface area contributed by atoms with Crippen LogP contribution < -0.4 is 15.0 Å². The Kier molecular flexibility index (Phi) is 8.15. The minimum absolute atomic E-state index is 0.125. The molecule has 1 N–H and O–H groups in total. The van der Waals surface area contributed by atoms with E-state index >= 15 is 0 Å². The smallest absolute Gasteiger partial charge is 0.340 e. The van der Waals surface area contributed by atoms with Crippen molar-refractivity contribution >= 4 is 23.0 Å². The van der Waals surface area contributed by atoms with Crippen LogP contribution in [0.15, 0.2) is 78.9 Å². The second-order valence-electron chi connectivity index (χ2n) is 14.4. The first kappa shape index (κ1) is 30.8. The molecule has 5 heteroatoms. The number of carbonyl (C=O) groups is 1. The Morgan fingerprint density at radius 1 is 0.844 bits per heavy atom. The summed E-state index contributed by atoms with van der Waals surface area (Å²) in [6.07, 6.45) is 3.59. The van der Waals surface area contributed by atoms with Crippen LogP contribution in [-0.2, 0) is 10.3 Å². The molecule has 0 fully saturated rings. The van der Waals surface area contributed by atoms with Crippen molar-refractivity contribution in [2.75, 3.05) is 23.3 Å². The van der Waals surface area contributed by atoms with E-state index in [-0.39, 0.29) is 11.4 Å². The van der Waals surface area contributed by atoms with E-state index in [9.17, 15) is 4.79 Å². The molecule has 0 aliphatic carbocycles. The molecule has 2 aliphatic rings. The molecule has 4 aromatic carbocycles. The third kappa shape index (κ3) is 6.05. The standard InChI is InChI=1S/C40H46N2O3/c1-26(2)13-10-11-20-42(25-39(5,6)7)30-18-19-33-37(23-30)44-36-22-28(4)35(41-29-15-12-14-27(3)21-29)24-34(36)40(33)32-17-9-8-16-31(32)38(43)45-40/h8-9,12,14-19,21-24,26,41H,10-11,13,20,25H2,1-7H3. The lowest BCUT2D eigenvalue weighted by molar-refractivity contribution is 0.0224. The lowest BCUT2D eigenvalue weighted by Gasteiger charge is -2.38. The van der Waals surface area contributed by atoms with E-state index in [1.807, 2.05) is 30.3 Å². The molecule has 6 rings (SSSR count). The number of aryl methyl sites for hydroxylation is 2. The number of rotatable bonds is 9. The zero-order valence-corrected chi connectivity index (χ0v) is 27.8. The number of hydrogen-bond acceptors (Lipinski definition) is 5. The number of carbonyl (C=O) groups excluding carboxylic acids is 1. The van der Waals surface area contributed by atoms with Crippen LogP contribution in [0.1, 0.15) is 92.1 Å². The molecule has 234 valence electrons. The molecule has 0 bridgehead atoms. The number of unbranched alkanes of at least 4 members (excludes halogenated alkanes) is 1. The molecule has 0 saturated carbocycles. The number of nitrogens with one attached hydrogen (secondary N) is 1. The zero-order chi connectivity index (χ0) is 31.9. The second-order valence-corrected chi connectivity index (χ2v) is 14.4. The molecule has 1 atom stereocenters. The maximum Gasteiger partial charge on any atom is 0.340 e. The number of nitrogens with zero attached hydrogens (tertiary/aromatic N) is 1. The van der Waals surface area contributed by atoms with E-state index in [0.29, 0.717) is 17.2 Å². The zero-order valence-electron chi connectivity index (χ0n) is 27.8. The number of esters is 1. The first-order chi connectivity index (χ1) is 21.4. The Labute approximate surface area is 268 Å². The van der Waals surface area contributed by atoms with Gasteiger partial charge in [0.05, 0.1) is 5.56 Å². The lowest BCUT2D eigenvalue weighted by Crippen LogP contribution is -2.35. The first-order valence-electron chi connectivity index (χ1n) is 16.3. The average molecular weight is 603 g/mol. The highest BCUT2D eigenvalue weighted by molar-refractivity contribution is 5.97. The van der Waals surface area contributed by atoms with Crippen LogP contribution in [0.25, 0.3) is 0 Å². The Balaban J connectivity index is 1.46. The SMILES string of the molecule is Cc1cccc(Nc2cc3c(cc2C)Oc2cc(N(CCCCC(C)C)CC(C)(C)C)ccc2C32OC(=O)c3ccccc32)c1. The molecule has 2 heterocycles. The highest BCUT2D eigenvalue weighted by Crippen LogP contribution is 2.57. The molecular formula is C40H46N2O3. The first-order valence-corrected chi connectivity index (χ1v) is 16.3. The fourth-order valence-corrected chi connectivity index (χ4v) is 6.75. The maximum absolute atomic E-state index is 13.5. The van der Waals surface area contributed by atoms with Gasteiger partial charge >= 0.3 is 5.97 Å². The molecule has 0 amide bonds. The van der Waals surface area contributed by atoms with Crippen molar-refractivity contribution in [3.8, 4) is 11.5 Å². The number of ether oxygens (including phenoxy) is 2. The van der Waals surface area contributed by atoms with Crippen LogP contribution in [0, 0.1) is 25.2 Å². The predicted molar refractivity (Wildman–Crippen MR) is 184 cm³/mol. The van der Waals surface area contributed by atoms with Crippen LogP contribution in [0.3, 0.4) is 0 Å². The van der Waals surface area contributed by atoms with E-state index in [4.69, 9.17) is 9.47 Å². The normalized spacial score (nSPS) is 16.6. The number of anilines is 3. The summed E-state index contributed by atoms with van der Waals surface area (Å²) in [5.41, 5.74) is 7.41. The van der Waals surface area contributed by atoms with Crippen LogP contribution in [0.4, 0.5) is 17.1 Å². The summed E-state index contributed by atoms with van der Waals surface area (Å²) in [6, 6.07) is 26.7. The van der Waals surface area contributed by atoms with Crippen molar-refractivity contribution < 1.29 is 14.3 Å². The van der Waals surface area contributed by atoms with Crippen LogP contribution in [-0.4, -0.2) is 19.1 Å². The quantitative estimate of drug-likeness (QED) is 0.153. The van der Waals surface area contributed by atoms with Crippen molar-refractivity contribution in [2.24, 2.45) is 11.3 Å². The van der Waals surface area contributed by atoms with Gasteiger partial charge in [-0.1, -0.05) is 77.8 Å². The molecule has 5 nitrogen and oxygen atoms in total. The summed E-state index contributed by atoms with van der Waals surface area (Å²) in [4.78, 5) is 16.0. The van der Waals surface area contributed by atoms with Crippen LogP contribution in [0.5, 0.6) is 11.5 Å². The second kappa shape index (κ2) is 11.9. The Hall–Kier alpha value is -4.25. The van der Waals surface area contributed by atoms with Gasteiger partial charge in [0.1, 0.15) is 11.5 Å². The van der Waals surface area contributed by atoms with Crippen molar-refractivity contribution in [3.05, 3.63) is 112 Å². The Morgan fingerprint density at radius 3 is 2.38 bits per heavy atom. The van der Waals surface area contributed by atoms with E-state index in [2.05, 4.69) is 107 Å². The van der Waals surface area contributed by atoms with Gasteiger partial charge in [-0.15, -0.1) is 0 Å². The van der Waals surface area contributed by atoms with E-state index in [1.54, 1.807) is 0 Å². The summed E-state index contributed by atoms with van der Waals surface area (Å²) in [5, 5.41) is 3.60. The summed E-state index contributed by atoms with van der Waals surface area (Å²) in [6.45, 7) is 17.5. The average Bonchev–Trinajstić information content (AvgIpc) is 3.27. The fraction of sp³-hybridized carbons (Fsp3) is 0.375. The van der Waals surface area contributed by atoms with Gasteiger partial charge in [0, 0.05) is 52.9 Å². The van der Waals surface area contributed by atoms with Crippen LogP contribution in [0.2, 0.25) is 0 Å². The van der Waals surface area contributed by atoms with E-state index < -0.39 is 5.60 Å². The molecule has 0 aromatic heterocycles. The van der Waals surface area contributed by atoms with Crippen molar-refractivity contribution in [1.29, 1.82) is 0 Å². The van der Waals surface area contributed by atoms with Crippen LogP contribution >= 0.6 is 0 Å². The minimum atomic E-state index is -1.11. The molecule has 1 unspecified atom stereocenters. The topological polar surface area (TPSA) is 50.8 Å². The molecule has 0 radical (unpaired) electrons. The molecule has 0 saturated heterocycles. The minimum Gasteiger partial charge on any atom is -0.456 e. The highest BCUT2D eigenvalue weighted by atomic mass is 16.6. The van der Waals surface area contributed by atoms with Gasteiger partial charge in [-0.2, -0.15) is 0 Å². The van der Waals surface area contributed by atoms with Gasteiger partial charge in [-0.05, 0) is 85.2 Å². The van der Waals surface area contributed by atoms with Gasteiger partial charge < -0.3 is 19.7 Å². The maximum atomic E-state index is 13.5. The van der Waals surface area contributed by atoms with E-state index in [1.165, 1.54) is 18.4 Å². The monoisotopic (exact) mass is 602 g/mol. The van der Waals surface area contributed by atoms with Gasteiger partial charge in [0.25, 0.3) is 0 Å². The van der Waals surface area contributed by atoms with Crippen molar-refractivity contribution in [3.63, 3.8) is 0 Å². The largest absolute Gasteiger partial charge is 0.456 e. The van der Waals surface area contributed by atoms with Gasteiger partial charge in [0.15, 0.2) is 5.60 Å². The highest BCUT2D eigenvalue weighted by Gasteiger charge is 2.53. The Bertz CT molecular complexity index is 1730. The molecule has 4 aromatic rings. The van der Waals surface area contributed by atoms with Crippen molar-refractivity contribution in [1.82, 2.24) is 0 Å². The molecule has 45 heavy (non-hydrogen) atoms. The third-order valence-electron chi connectivity index (χ3n) is 8.83. The number of hydrogen-bond donors (Lipinski definition) is 1. The number of fused-ring (bicyclic) bond motifs is 6. The summed E-state index contributed by atoms with van der Waals surface area (Å²) >= 11 is 0. The molecular weight excluding hydrogens is 556 g/mol. The summed E-state index contributed by atoms with van der Waals surface area (Å²) in [7, 11) is 0. The van der Waals surface area contributed by atoms with Gasteiger partial charge in [-0.25, -0.2) is 4.79 Å². The van der Waals surface area contributed by atoms with Gasteiger partial charge in [0.2, 0.25) is 0 Å².